The molecule has 2 aliphatic heterocycles. The molecule has 2 bridgehead atoms. The maximum atomic E-state index is 13.5. The first-order valence-electron chi connectivity index (χ1n) is 14.3. The summed E-state index contributed by atoms with van der Waals surface area (Å²) in [4.78, 5) is 28.8. The molecule has 6 heteroatoms. The monoisotopic (exact) mass is 557 g/mol. The summed E-state index contributed by atoms with van der Waals surface area (Å²) < 4.78 is 11.3. The third kappa shape index (κ3) is 6.55. The van der Waals surface area contributed by atoms with Gasteiger partial charge >= 0.3 is 5.97 Å². The van der Waals surface area contributed by atoms with Gasteiger partial charge in [0.1, 0.15) is 11.9 Å². The van der Waals surface area contributed by atoms with Crippen molar-refractivity contribution in [3.05, 3.63) is 95.1 Å². The van der Waals surface area contributed by atoms with Gasteiger partial charge in [-0.05, 0) is 84.8 Å². The average Bonchev–Trinajstić information content (AvgIpc) is 3.22. The summed E-state index contributed by atoms with van der Waals surface area (Å²) in [5.41, 5.74) is 3.99. The summed E-state index contributed by atoms with van der Waals surface area (Å²) in [7, 11) is 0. The van der Waals surface area contributed by atoms with E-state index >= 15 is 0 Å². The number of fused-ring (bicyclic) bond motifs is 2. The van der Waals surface area contributed by atoms with E-state index in [9.17, 15) is 9.59 Å². The minimum atomic E-state index is -0.323. The first kappa shape index (κ1) is 28.3. The van der Waals surface area contributed by atoms with Crippen LogP contribution in [0.3, 0.4) is 0 Å². The summed E-state index contributed by atoms with van der Waals surface area (Å²) in [6, 6.07) is 24.5. The van der Waals surface area contributed by atoms with E-state index in [1.54, 1.807) is 19.1 Å². The quantitative estimate of drug-likeness (QED) is 0.210. The largest absolute Gasteiger partial charge is 0.490 e. The van der Waals surface area contributed by atoms with Crippen LogP contribution in [0.2, 0.25) is 0 Å². The van der Waals surface area contributed by atoms with Crippen molar-refractivity contribution in [1.82, 2.24) is 4.90 Å². The lowest BCUT2D eigenvalue weighted by atomic mass is 9.87. The lowest BCUT2D eigenvalue weighted by molar-refractivity contribution is 0.0359. The van der Waals surface area contributed by atoms with Crippen molar-refractivity contribution in [2.75, 3.05) is 6.61 Å². The van der Waals surface area contributed by atoms with Crippen molar-refractivity contribution in [2.24, 2.45) is 0 Å². The Kier molecular flexibility index (Phi) is 8.55. The van der Waals surface area contributed by atoms with Gasteiger partial charge in [-0.2, -0.15) is 0 Å². The molecule has 210 valence electrons. The fraction of sp³-hybridized carbons (Fsp3) is 0.412. The molecule has 3 atom stereocenters. The molecule has 2 heterocycles. The van der Waals surface area contributed by atoms with Crippen LogP contribution < -0.4 is 4.74 Å². The normalized spacial score (nSPS) is 20.3. The molecule has 5 rings (SSSR count). The molecule has 2 fully saturated rings. The van der Waals surface area contributed by atoms with Crippen LogP contribution in [-0.2, 0) is 15.9 Å². The van der Waals surface area contributed by atoms with E-state index in [1.807, 2.05) is 36.0 Å². The first-order chi connectivity index (χ1) is 19.2. The highest BCUT2D eigenvalue weighted by Crippen LogP contribution is 2.38. The Labute approximate surface area is 242 Å². The fourth-order valence-electron chi connectivity index (χ4n) is 5.74. The van der Waals surface area contributed by atoms with E-state index in [2.05, 4.69) is 62.1 Å². The van der Waals surface area contributed by atoms with E-state index < -0.39 is 0 Å². The number of carbonyl (C=O) groups is 2. The molecule has 2 saturated heterocycles. The smallest absolute Gasteiger partial charge is 0.338 e. The highest BCUT2D eigenvalue weighted by atomic mass is 32.2. The van der Waals surface area contributed by atoms with Gasteiger partial charge in [0.2, 0.25) is 0 Å². The number of piperidine rings is 1. The molecule has 3 aromatic carbocycles. The first-order valence-corrected chi connectivity index (χ1v) is 15.3. The van der Waals surface area contributed by atoms with E-state index in [1.165, 1.54) is 16.0 Å². The SMILES string of the molecule is CCOC(=O)c1ccc(OC2C[C@H]3CC[C@@H](C2)N3C(=O)c2ccc(CSc3ccc(C(C)(C)C)cc3)cc2)cc1. The van der Waals surface area contributed by atoms with Crippen LogP contribution >= 0.6 is 11.8 Å². The van der Waals surface area contributed by atoms with E-state index in [4.69, 9.17) is 9.47 Å². The molecule has 40 heavy (non-hydrogen) atoms. The molecule has 1 amide bonds. The predicted octanol–water partition coefficient (Wildman–Crippen LogP) is 7.67. The molecular formula is C34H39NO4S. The average molecular weight is 558 g/mol. The second-order valence-corrected chi connectivity index (χ2v) is 12.9. The van der Waals surface area contributed by atoms with Crippen LogP contribution in [0, 0.1) is 0 Å². The Bertz CT molecular complexity index is 1300. The number of hydrogen-bond acceptors (Lipinski definition) is 5. The summed E-state index contributed by atoms with van der Waals surface area (Å²) in [6.45, 7) is 8.84. The summed E-state index contributed by atoms with van der Waals surface area (Å²) in [6.07, 6.45) is 3.74. The Morgan fingerprint density at radius 3 is 2.02 bits per heavy atom. The standard InChI is InChI=1S/C34H39NO4S/c1-5-38-33(37)25-10-16-29(17-11-25)39-30-20-27-14-15-28(21-30)35(27)32(36)24-8-6-23(7-9-24)22-40-31-18-12-26(13-19-31)34(2,3)4/h6-13,16-19,27-28,30H,5,14-15,20-22H2,1-4H3/t27-,28+,30?. The van der Waals surface area contributed by atoms with Crippen molar-refractivity contribution < 1.29 is 19.1 Å². The van der Waals surface area contributed by atoms with Crippen molar-refractivity contribution in [3.8, 4) is 5.75 Å². The molecule has 2 aliphatic rings. The van der Waals surface area contributed by atoms with Gasteiger partial charge in [-0.3, -0.25) is 4.79 Å². The third-order valence-corrected chi connectivity index (χ3v) is 9.00. The van der Waals surface area contributed by atoms with Gasteiger partial charge in [0.25, 0.3) is 5.91 Å². The van der Waals surface area contributed by atoms with E-state index in [-0.39, 0.29) is 35.5 Å². The minimum absolute atomic E-state index is 0.0619. The third-order valence-electron chi connectivity index (χ3n) is 7.92. The molecule has 3 aromatic rings. The van der Waals surface area contributed by atoms with E-state index in [0.717, 1.165) is 42.7 Å². The Balaban J connectivity index is 1.15. The highest BCUT2D eigenvalue weighted by molar-refractivity contribution is 7.98. The molecule has 1 unspecified atom stereocenters. The number of amides is 1. The predicted molar refractivity (Wildman–Crippen MR) is 160 cm³/mol. The molecule has 0 spiro atoms. The molecule has 0 aromatic heterocycles. The lowest BCUT2D eigenvalue weighted by Gasteiger charge is -2.39. The number of thioether (sulfide) groups is 1. The zero-order chi connectivity index (χ0) is 28.3. The zero-order valence-corrected chi connectivity index (χ0v) is 24.7. The van der Waals surface area contributed by atoms with Crippen molar-refractivity contribution >= 4 is 23.6 Å². The van der Waals surface area contributed by atoms with Crippen LogP contribution in [0.1, 0.15) is 85.2 Å². The van der Waals surface area contributed by atoms with Gasteiger partial charge in [0, 0.05) is 41.1 Å². The number of esters is 1. The highest BCUT2D eigenvalue weighted by Gasteiger charge is 2.44. The molecule has 0 radical (unpaired) electrons. The number of ether oxygens (including phenoxy) is 2. The van der Waals surface area contributed by atoms with Gasteiger partial charge in [-0.15, -0.1) is 11.8 Å². The molecule has 0 aliphatic carbocycles. The van der Waals surface area contributed by atoms with Crippen LogP contribution in [0.15, 0.2) is 77.7 Å². The Hall–Kier alpha value is -3.25. The van der Waals surface area contributed by atoms with Gasteiger partial charge < -0.3 is 14.4 Å². The number of rotatable bonds is 8. The number of carbonyl (C=O) groups excluding carboxylic acids is 2. The second-order valence-electron chi connectivity index (χ2n) is 11.8. The number of hydrogen-bond donors (Lipinski definition) is 0. The maximum Gasteiger partial charge on any atom is 0.338 e. The maximum absolute atomic E-state index is 13.5. The van der Waals surface area contributed by atoms with Crippen LogP contribution in [0.4, 0.5) is 0 Å². The van der Waals surface area contributed by atoms with Crippen molar-refractivity contribution in [3.63, 3.8) is 0 Å². The Morgan fingerprint density at radius 2 is 1.45 bits per heavy atom. The molecular weight excluding hydrogens is 518 g/mol. The minimum Gasteiger partial charge on any atom is -0.490 e. The fourth-order valence-corrected chi connectivity index (χ4v) is 6.60. The van der Waals surface area contributed by atoms with Gasteiger partial charge in [-0.1, -0.05) is 45.0 Å². The van der Waals surface area contributed by atoms with Crippen LogP contribution in [-0.4, -0.2) is 41.6 Å². The van der Waals surface area contributed by atoms with E-state index in [0.29, 0.717) is 12.2 Å². The molecule has 0 N–H and O–H groups in total. The van der Waals surface area contributed by atoms with Gasteiger partial charge in [-0.25, -0.2) is 4.79 Å². The molecule has 5 nitrogen and oxygen atoms in total. The summed E-state index contributed by atoms with van der Waals surface area (Å²) in [5.74, 6) is 1.42. The molecule has 0 saturated carbocycles. The van der Waals surface area contributed by atoms with Crippen LogP contribution in [0.5, 0.6) is 5.75 Å². The van der Waals surface area contributed by atoms with Gasteiger partial charge in [0.05, 0.1) is 12.2 Å². The van der Waals surface area contributed by atoms with Crippen molar-refractivity contribution in [2.45, 2.75) is 87.6 Å². The second kappa shape index (κ2) is 12.1. The summed E-state index contributed by atoms with van der Waals surface area (Å²) in [5, 5.41) is 0. The zero-order valence-electron chi connectivity index (χ0n) is 23.9. The number of benzene rings is 3. The van der Waals surface area contributed by atoms with Crippen LogP contribution in [0.25, 0.3) is 0 Å². The van der Waals surface area contributed by atoms with Crippen molar-refractivity contribution in [1.29, 1.82) is 0 Å². The van der Waals surface area contributed by atoms with Gasteiger partial charge in [0.15, 0.2) is 0 Å². The topological polar surface area (TPSA) is 55.8 Å². The summed E-state index contributed by atoms with van der Waals surface area (Å²) >= 11 is 1.82. The lowest BCUT2D eigenvalue weighted by Crippen LogP contribution is -2.49. The number of nitrogens with zero attached hydrogens (tertiary/aromatic N) is 1. The Morgan fingerprint density at radius 1 is 0.850 bits per heavy atom.